The van der Waals surface area contributed by atoms with Gasteiger partial charge in [-0.05, 0) is 12.5 Å². The SMILES string of the molecule is CCCc1nc(Cn2ccc(C(O)C(F)(F)F)c2)no1. The van der Waals surface area contributed by atoms with Crippen molar-refractivity contribution in [2.45, 2.75) is 38.6 Å². The van der Waals surface area contributed by atoms with E-state index in [0.717, 1.165) is 6.42 Å². The van der Waals surface area contributed by atoms with Crippen LogP contribution in [0.3, 0.4) is 0 Å². The van der Waals surface area contributed by atoms with Crippen LogP contribution in [0.2, 0.25) is 0 Å². The highest BCUT2D eigenvalue weighted by atomic mass is 19.4. The van der Waals surface area contributed by atoms with Crippen LogP contribution in [0, 0.1) is 0 Å². The molecule has 1 N–H and O–H groups in total. The molecule has 0 aliphatic heterocycles. The standard InChI is InChI=1S/C12H14F3N3O2/c1-2-3-10-16-9(17-20-10)7-18-5-4-8(6-18)11(19)12(13,14)15/h4-6,11,19H,2-3,7H2,1H3. The van der Waals surface area contributed by atoms with E-state index in [-0.39, 0.29) is 12.1 Å². The first kappa shape index (κ1) is 14.6. The zero-order valence-electron chi connectivity index (χ0n) is 10.8. The molecular formula is C12H14F3N3O2. The van der Waals surface area contributed by atoms with Gasteiger partial charge in [0.15, 0.2) is 11.9 Å². The summed E-state index contributed by atoms with van der Waals surface area (Å²) in [7, 11) is 0. The van der Waals surface area contributed by atoms with Gasteiger partial charge in [0.1, 0.15) is 0 Å². The van der Waals surface area contributed by atoms with E-state index >= 15 is 0 Å². The van der Waals surface area contributed by atoms with Crippen LogP contribution in [-0.2, 0) is 13.0 Å². The molecule has 0 saturated heterocycles. The molecule has 2 rings (SSSR count). The summed E-state index contributed by atoms with van der Waals surface area (Å²) in [6.07, 6.45) is -2.98. The smallest absolute Gasteiger partial charge is 0.379 e. The molecule has 8 heteroatoms. The molecule has 2 aromatic heterocycles. The number of hydrogen-bond donors (Lipinski definition) is 1. The maximum absolute atomic E-state index is 12.4. The van der Waals surface area contributed by atoms with Gasteiger partial charge >= 0.3 is 6.18 Å². The Bertz CT molecular complexity index is 562. The second-order valence-corrected chi connectivity index (χ2v) is 4.42. The Morgan fingerprint density at radius 1 is 1.45 bits per heavy atom. The van der Waals surface area contributed by atoms with Gasteiger partial charge in [0, 0.05) is 24.4 Å². The van der Waals surface area contributed by atoms with Crippen molar-refractivity contribution in [2.75, 3.05) is 0 Å². The third-order valence-electron chi connectivity index (χ3n) is 2.70. The van der Waals surface area contributed by atoms with Gasteiger partial charge in [-0.1, -0.05) is 12.1 Å². The average Bonchev–Trinajstić information content (AvgIpc) is 2.98. The van der Waals surface area contributed by atoms with Gasteiger partial charge in [-0.25, -0.2) is 0 Å². The fourth-order valence-electron chi connectivity index (χ4n) is 1.74. The van der Waals surface area contributed by atoms with Crippen LogP contribution in [0.1, 0.15) is 36.7 Å². The predicted molar refractivity (Wildman–Crippen MR) is 62.8 cm³/mol. The summed E-state index contributed by atoms with van der Waals surface area (Å²) >= 11 is 0. The van der Waals surface area contributed by atoms with E-state index in [1.807, 2.05) is 6.92 Å². The summed E-state index contributed by atoms with van der Waals surface area (Å²) < 4.78 is 43.5. The maximum Gasteiger partial charge on any atom is 0.418 e. The Labute approximate surface area is 113 Å². The summed E-state index contributed by atoms with van der Waals surface area (Å²) in [5.41, 5.74) is -0.213. The van der Waals surface area contributed by atoms with Crippen LogP contribution in [0.4, 0.5) is 13.2 Å². The minimum atomic E-state index is -4.67. The monoisotopic (exact) mass is 289 g/mol. The lowest BCUT2D eigenvalue weighted by atomic mass is 10.2. The second kappa shape index (κ2) is 5.66. The van der Waals surface area contributed by atoms with E-state index in [2.05, 4.69) is 10.1 Å². The van der Waals surface area contributed by atoms with E-state index in [0.29, 0.717) is 18.1 Å². The minimum Gasteiger partial charge on any atom is -0.379 e. The lowest BCUT2D eigenvalue weighted by molar-refractivity contribution is -0.206. The molecule has 0 saturated carbocycles. The topological polar surface area (TPSA) is 64.1 Å². The van der Waals surface area contributed by atoms with Gasteiger partial charge in [-0.3, -0.25) is 0 Å². The van der Waals surface area contributed by atoms with Crippen molar-refractivity contribution in [1.29, 1.82) is 0 Å². The van der Waals surface area contributed by atoms with Crippen LogP contribution in [0.15, 0.2) is 23.0 Å². The van der Waals surface area contributed by atoms with E-state index in [1.54, 1.807) is 0 Å². The van der Waals surface area contributed by atoms with Gasteiger partial charge in [-0.2, -0.15) is 18.2 Å². The van der Waals surface area contributed by atoms with Crippen molar-refractivity contribution in [3.63, 3.8) is 0 Å². The van der Waals surface area contributed by atoms with Crippen molar-refractivity contribution in [1.82, 2.24) is 14.7 Å². The zero-order chi connectivity index (χ0) is 14.8. The number of aromatic nitrogens is 3. The Kier molecular flexibility index (Phi) is 4.12. The summed E-state index contributed by atoms with van der Waals surface area (Å²) in [5, 5.41) is 12.9. The van der Waals surface area contributed by atoms with Crippen molar-refractivity contribution in [3.05, 3.63) is 35.7 Å². The van der Waals surface area contributed by atoms with Crippen LogP contribution in [-0.4, -0.2) is 26.0 Å². The van der Waals surface area contributed by atoms with Crippen LogP contribution in [0.25, 0.3) is 0 Å². The molecule has 0 radical (unpaired) electrons. The van der Waals surface area contributed by atoms with Crippen molar-refractivity contribution < 1.29 is 22.8 Å². The number of halogens is 3. The van der Waals surface area contributed by atoms with Gasteiger partial charge < -0.3 is 14.2 Å². The van der Waals surface area contributed by atoms with E-state index in [4.69, 9.17) is 9.63 Å². The maximum atomic E-state index is 12.4. The van der Waals surface area contributed by atoms with E-state index in [1.165, 1.54) is 23.0 Å². The summed E-state index contributed by atoms with van der Waals surface area (Å²) in [6, 6.07) is 1.21. The zero-order valence-corrected chi connectivity index (χ0v) is 10.8. The molecule has 0 fully saturated rings. The van der Waals surface area contributed by atoms with Gasteiger partial charge in [0.2, 0.25) is 5.89 Å². The number of rotatable bonds is 5. The number of aryl methyl sites for hydroxylation is 1. The first-order chi connectivity index (χ1) is 9.40. The quantitative estimate of drug-likeness (QED) is 0.918. The average molecular weight is 289 g/mol. The fraction of sp³-hybridized carbons (Fsp3) is 0.500. The van der Waals surface area contributed by atoms with Gasteiger partial charge in [0.25, 0.3) is 0 Å². The molecule has 0 amide bonds. The largest absolute Gasteiger partial charge is 0.418 e. The first-order valence-corrected chi connectivity index (χ1v) is 6.12. The molecule has 2 heterocycles. The number of hydrogen-bond acceptors (Lipinski definition) is 4. The summed E-state index contributed by atoms with van der Waals surface area (Å²) in [4.78, 5) is 4.11. The molecule has 20 heavy (non-hydrogen) atoms. The van der Waals surface area contributed by atoms with Crippen molar-refractivity contribution in [2.24, 2.45) is 0 Å². The first-order valence-electron chi connectivity index (χ1n) is 6.12. The Morgan fingerprint density at radius 3 is 2.85 bits per heavy atom. The molecule has 5 nitrogen and oxygen atoms in total. The highest BCUT2D eigenvalue weighted by molar-refractivity contribution is 5.15. The van der Waals surface area contributed by atoms with Gasteiger partial charge in [0.05, 0.1) is 6.54 Å². The third kappa shape index (κ3) is 3.38. The summed E-state index contributed by atoms with van der Waals surface area (Å²) in [5.74, 6) is 0.891. The van der Waals surface area contributed by atoms with Crippen LogP contribution < -0.4 is 0 Å². The normalized spacial score (nSPS) is 13.7. The van der Waals surface area contributed by atoms with Gasteiger partial charge in [-0.15, -0.1) is 0 Å². The molecule has 110 valence electrons. The van der Waals surface area contributed by atoms with Crippen LogP contribution >= 0.6 is 0 Å². The molecule has 0 aliphatic carbocycles. The van der Waals surface area contributed by atoms with E-state index in [9.17, 15) is 13.2 Å². The molecule has 0 spiro atoms. The Hall–Kier alpha value is -1.83. The Morgan fingerprint density at radius 2 is 2.20 bits per heavy atom. The molecule has 0 aromatic carbocycles. The number of aliphatic hydroxyl groups excluding tert-OH is 1. The molecule has 1 atom stereocenters. The summed E-state index contributed by atoms with van der Waals surface area (Å²) in [6.45, 7) is 2.17. The second-order valence-electron chi connectivity index (χ2n) is 4.42. The minimum absolute atomic E-state index is 0.192. The van der Waals surface area contributed by atoms with E-state index < -0.39 is 12.3 Å². The predicted octanol–water partition coefficient (Wildman–Crippen LogP) is 2.47. The van der Waals surface area contributed by atoms with Crippen molar-refractivity contribution >= 4 is 0 Å². The Balaban J connectivity index is 2.05. The number of aliphatic hydroxyl groups is 1. The van der Waals surface area contributed by atoms with Crippen LogP contribution in [0.5, 0.6) is 0 Å². The molecule has 0 bridgehead atoms. The molecular weight excluding hydrogens is 275 g/mol. The fourth-order valence-corrected chi connectivity index (χ4v) is 1.74. The van der Waals surface area contributed by atoms with Crippen molar-refractivity contribution in [3.8, 4) is 0 Å². The third-order valence-corrected chi connectivity index (χ3v) is 2.70. The lowest BCUT2D eigenvalue weighted by Gasteiger charge is -2.12. The molecule has 2 aromatic rings. The lowest BCUT2D eigenvalue weighted by Crippen LogP contribution is -2.19. The number of nitrogens with zero attached hydrogens (tertiary/aromatic N) is 3. The molecule has 0 aliphatic rings. The highest BCUT2D eigenvalue weighted by Crippen LogP contribution is 2.32. The molecule has 1 unspecified atom stereocenters. The number of alkyl halides is 3. The highest BCUT2D eigenvalue weighted by Gasteiger charge is 2.39.